The predicted octanol–water partition coefficient (Wildman–Crippen LogP) is 5.86. The van der Waals surface area contributed by atoms with Gasteiger partial charge in [-0.3, -0.25) is 0 Å². The van der Waals surface area contributed by atoms with Crippen LogP contribution in [0.15, 0.2) is 0 Å². The molecule has 28 heavy (non-hydrogen) atoms. The lowest BCUT2D eigenvalue weighted by Gasteiger charge is -2.43. The SMILES string of the molecule is N#CC1C(F)CC(OC(F)(F)C2C(F)CC(C3CCCCC3)CC2F)CC1F. The van der Waals surface area contributed by atoms with Crippen LogP contribution in [-0.2, 0) is 4.74 Å². The molecule has 0 spiro atoms. The topological polar surface area (TPSA) is 33.0 Å². The molecule has 0 aliphatic heterocycles. The van der Waals surface area contributed by atoms with Gasteiger partial charge in [-0.05, 0) is 24.7 Å². The van der Waals surface area contributed by atoms with Crippen molar-refractivity contribution in [2.24, 2.45) is 23.7 Å². The second-order valence-corrected chi connectivity index (χ2v) is 8.65. The molecule has 3 rings (SSSR count). The minimum absolute atomic E-state index is 0.132. The van der Waals surface area contributed by atoms with Crippen molar-refractivity contribution in [1.29, 1.82) is 5.26 Å². The van der Waals surface area contributed by atoms with Crippen LogP contribution < -0.4 is 0 Å². The van der Waals surface area contributed by atoms with E-state index in [1.54, 1.807) is 0 Å². The number of hydrogen-bond acceptors (Lipinski definition) is 2. The zero-order chi connectivity index (χ0) is 20.5. The average molecular weight is 411 g/mol. The maximum atomic E-state index is 14.6. The fourth-order valence-corrected chi connectivity index (χ4v) is 5.28. The van der Waals surface area contributed by atoms with Gasteiger partial charge in [-0.25, -0.2) is 17.6 Å². The molecule has 0 aromatic heterocycles. The van der Waals surface area contributed by atoms with Gasteiger partial charge in [0.1, 0.15) is 36.5 Å². The summed E-state index contributed by atoms with van der Waals surface area (Å²) in [4.78, 5) is 0. The fraction of sp³-hybridized carbons (Fsp3) is 0.950. The third-order valence-corrected chi connectivity index (χ3v) is 6.77. The van der Waals surface area contributed by atoms with Gasteiger partial charge in [0.2, 0.25) is 0 Å². The summed E-state index contributed by atoms with van der Waals surface area (Å²) in [7, 11) is 0. The molecule has 0 heterocycles. The van der Waals surface area contributed by atoms with Crippen LogP contribution in [0.25, 0.3) is 0 Å². The summed E-state index contributed by atoms with van der Waals surface area (Å²) < 4.78 is 90.7. The van der Waals surface area contributed by atoms with E-state index >= 15 is 0 Å². The lowest BCUT2D eigenvalue weighted by atomic mass is 9.69. The van der Waals surface area contributed by atoms with Gasteiger partial charge < -0.3 is 4.74 Å². The maximum absolute atomic E-state index is 14.6. The van der Waals surface area contributed by atoms with E-state index in [9.17, 15) is 26.3 Å². The molecule has 160 valence electrons. The number of nitrogens with zero attached hydrogens (tertiary/aromatic N) is 1. The van der Waals surface area contributed by atoms with Crippen molar-refractivity contribution in [2.75, 3.05) is 0 Å². The standard InChI is InChI=1S/C20H27F6NO/c21-15-8-13(9-16(22)14(15)10-27)28-20(25,26)19-17(23)6-12(7-18(19)24)11-4-2-1-3-5-11/h11-19H,1-9H2. The van der Waals surface area contributed by atoms with Crippen LogP contribution in [0.3, 0.4) is 0 Å². The van der Waals surface area contributed by atoms with Gasteiger partial charge in [-0.2, -0.15) is 14.0 Å². The van der Waals surface area contributed by atoms with E-state index in [0.717, 1.165) is 32.1 Å². The Kier molecular flexibility index (Phi) is 6.84. The third kappa shape index (κ3) is 4.60. The minimum atomic E-state index is -4.15. The van der Waals surface area contributed by atoms with Crippen LogP contribution in [0.1, 0.15) is 57.8 Å². The second kappa shape index (κ2) is 8.81. The van der Waals surface area contributed by atoms with Crippen molar-refractivity contribution in [3.05, 3.63) is 0 Å². The number of nitriles is 1. The highest BCUT2D eigenvalue weighted by Crippen LogP contribution is 2.48. The van der Waals surface area contributed by atoms with Gasteiger partial charge in [-0.1, -0.05) is 32.1 Å². The molecule has 0 aromatic carbocycles. The molecule has 8 heteroatoms. The Labute approximate surface area is 161 Å². The van der Waals surface area contributed by atoms with E-state index in [-0.39, 0.29) is 24.7 Å². The Morgan fingerprint density at radius 1 is 0.750 bits per heavy atom. The summed E-state index contributed by atoms with van der Waals surface area (Å²) in [5.41, 5.74) is 0. The Balaban J connectivity index is 1.62. The van der Waals surface area contributed by atoms with Crippen molar-refractivity contribution in [1.82, 2.24) is 0 Å². The summed E-state index contributed by atoms with van der Waals surface area (Å²) in [5.74, 6) is -3.88. The molecule has 0 saturated heterocycles. The zero-order valence-electron chi connectivity index (χ0n) is 15.7. The van der Waals surface area contributed by atoms with Crippen molar-refractivity contribution < 1.29 is 31.1 Å². The number of halogens is 6. The first-order chi connectivity index (χ1) is 13.2. The first kappa shape index (κ1) is 21.7. The van der Waals surface area contributed by atoms with Crippen molar-refractivity contribution >= 4 is 0 Å². The molecule has 0 bridgehead atoms. The van der Waals surface area contributed by atoms with Gasteiger partial charge >= 0.3 is 6.11 Å². The lowest BCUT2D eigenvalue weighted by Crippen LogP contribution is -2.51. The molecule has 2 nitrogen and oxygen atoms in total. The number of hydrogen-bond donors (Lipinski definition) is 0. The monoisotopic (exact) mass is 411 g/mol. The molecule has 4 unspecified atom stereocenters. The van der Waals surface area contributed by atoms with Gasteiger partial charge in [0, 0.05) is 12.8 Å². The molecule has 3 fully saturated rings. The van der Waals surface area contributed by atoms with E-state index in [0.29, 0.717) is 0 Å². The summed E-state index contributed by atoms with van der Waals surface area (Å²) in [5, 5.41) is 8.74. The highest BCUT2D eigenvalue weighted by Gasteiger charge is 2.56. The van der Waals surface area contributed by atoms with Gasteiger partial charge in [0.05, 0.1) is 12.2 Å². The molecule has 0 aromatic rings. The highest BCUT2D eigenvalue weighted by atomic mass is 19.3. The maximum Gasteiger partial charge on any atom is 0.364 e. The number of alkyl halides is 6. The smallest absolute Gasteiger partial charge is 0.317 e. The number of rotatable bonds is 4. The Morgan fingerprint density at radius 2 is 1.29 bits per heavy atom. The average Bonchev–Trinajstić information content (AvgIpc) is 2.61. The number of ether oxygens (including phenoxy) is 1. The molecule has 3 saturated carbocycles. The van der Waals surface area contributed by atoms with Crippen molar-refractivity contribution in [3.63, 3.8) is 0 Å². The molecule has 4 atom stereocenters. The first-order valence-corrected chi connectivity index (χ1v) is 10.2. The largest absolute Gasteiger partial charge is 0.364 e. The Hall–Kier alpha value is -0.970. The highest BCUT2D eigenvalue weighted by molar-refractivity contribution is 5.00. The minimum Gasteiger partial charge on any atom is -0.317 e. The van der Waals surface area contributed by atoms with Crippen LogP contribution in [0.2, 0.25) is 0 Å². The summed E-state index contributed by atoms with van der Waals surface area (Å²) in [6.07, 6.45) is -10.3. The van der Waals surface area contributed by atoms with Crippen molar-refractivity contribution in [2.45, 2.75) is 94.7 Å². The molecule has 0 N–H and O–H groups in total. The van der Waals surface area contributed by atoms with Gasteiger partial charge in [-0.15, -0.1) is 0 Å². The van der Waals surface area contributed by atoms with Gasteiger partial charge in [0.25, 0.3) is 0 Å². The molecular formula is C20H27F6NO. The van der Waals surface area contributed by atoms with E-state index in [1.165, 1.54) is 6.07 Å². The van der Waals surface area contributed by atoms with E-state index in [1.807, 2.05) is 0 Å². The van der Waals surface area contributed by atoms with E-state index in [4.69, 9.17) is 5.26 Å². The molecular weight excluding hydrogens is 384 g/mol. The lowest BCUT2D eigenvalue weighted by molar-refractivity contribution is -0.322. The second-order valence-electron chi connectivity index (χ2n) is 8.65. The quantitative estimate of drug-likeness (QED) is 0.543. The summed E-state index contributed by atoms with van der Waals surface area (Å²) >= 11 is 0. The normalized spacial score (nSPS) is 43.5. The summed E-state index contributed by atoms with van der Waals surface area (Å²) in [6.45, 7) is 0. The van der Waals surface area contributed by atoms with Gasteiger partial charge in [0.15, 0.2) is 0 Å². The van der Waals surface area contributed by atoms with Crippen LogP contribution in [0, 0.1) is 35.0 Å². The molecule has 0 radical (unpaired) electrons. The summed E-state index contributed by atoms with van der Waals surface area (Å²) in [6, 6.07) is 1.49. The molecule has 3 aliphatic rings. The molecule has 3 aliphatic carbocycles. The van der Waals surface area contributed by atoms with Crippen LogP contribution in [-0.4, -0.2) is 36.9 Å². The fourth-order valence-electron chi connectivity index (χ4n) is 5.28. The predicted molar refractivity (Wildman–Crippen MR) is 90.5 cm³/mol. The van der Waals surface area contributed by atoms with Crippen LogP contribution >= 0.6 is 0 Å². The van der Waals surface area contributed by atoms with E-state index in [2.05, 4.69) is 4.74 Å². The molecule has 0 amide bonds. The third-order valence-electron chi connectivity index (χ3n) is 6.77. The Morgan fingerprint density at radius 3 is 1.79 bits per heavy atom. The van der Waals surface area contributed by atoms with E-state index < -0.39 is 61.6 Å². The van der Waals surface area contributed by atoms with Crippen LogP contribution in [0.4, 0.5) is 26.3 Å². The van der Waals surface area contributed by atoms with Crippen LogP contribution in [0.5, 0.6) is 0 Å². The van der Waals surface area contributed by atoms with Crippen molar-refractivity contribution in [3.8, 4) is 6.07 Å². The zero-order valence-corrected chi connectivity index (χ0v) is 15.7. The Bertz CT molecular complexity index is 539. The first-order valence-electron chi connectivity index (χ1n) is 10.2.